The van der Waals surface area contributed by atoms with Crippen LogP contribution in [0.2, 0.25) is 0 Å². The van der Waals surface area contributed by atoms with Crippen molar-refractivity contribution in [3.05, 3.63) is 77.4 Å². The lowest BCUT2D eigenvalue weighted by atomic mass is 10.0. The van der Waals surface area contributed by atoms with E-state index in [9.17, 15) is 9.59 Å². The number of amides is 1. The van der Waals surface area contributed by atoms with Crippen molar-refractivity contribution in [1.82, 2.24) is 15.0 Å². The third kappa shape index (κ3) is 7.39. The molecule has 1 N–H and O–H groups in total. The van der Waals surface area contributed by atoms with Gasteiger partial charge in [-0.2, -0.15) is 0 Å². The summed E-state index contributed by atoms with van der Waals surface area (Å²) in [5.41, 5.74) is 6.76. The van der Waals surface area contributed by atoms with E-state index in [1.54, 1.807) is 11.0 Å². The van der Waals surface area contributed by atoms with Crippen LogP contribution >= 0.6 is 0 Å². The van der Waals surface area contributed by atoms with E-state index in [0.717, 1.165) is 70.9 Å². The van der Waals surface area contributed by atoms with E-state index in [-0.39, 0.29) is 5.92 Å². The molecule has 0 saturated heterocycles. The zero-order valence-electron chi connectivity index (χ0n) is 25.9. The second-order valence-electron chi connectivity index (χ2n) is 12.5. The summed E-state index contributed by atoms with van der Waals surface area (Å²) in [5.74, 6) is 1.09. The van der Waals surface area contributed by atoms with Gasteiger partial charge in [0.15, 0.2) is 0 Å². The van der Waals surface area contributed by atoms with Gasteiger partial charge in [-0.05, 0) is 89.1 Å². The number of pyridine rings is 1. The van der Waals surface area contributed by atoms with E-state index < -0.39 is 11.7 Å². The van der Waals surface area contributed by atoms with Crippen LogP contribution in [0.5, 0.6) is 0 Å². The Labute approximate surface area is 254 Å². The Bertz CT molecular complexity index is 1520. The SMILES string of the molecule is C=CCCN(C(=O)OC(C)(C)C)c1c(C)ncc(N2CCc3cnc(Nc4cccc(CC(=O)C5CC5)c4)nc3C2)c1C. The number of ether oxygens (including phenoxy) is 1. The summed E-state index contributed by atoms with van der Waals surface area (Å²) in [6, 6.07) is 7.91. The molecule has 226 valence electrons. The number of hydrogen-bond acceptors (Lipinski definition) is 8. The summed E-state index contributed by atoms with van der Waals surface area (Å²) >= 11 is 0. The minimum Gasteiger partial charge on any atom is -0.443 e. The average molecular weight is 583 g/mol. The Balaban J connectivity index is 1.36. The Hall–Kier alpha value is -4.27. The molecule has 2 aliphatic rings. The van der Waals surface area contributed by atoms with Crippen LogP contribution < -0.4 is 15.1 Å². The van der Waals surface area contributed by atoms with E-state index in [2.05, 4.69) is 21.8 Å². The first kappa shape index (κ1) is 30.2. The van der Waals surface area contributed by atoms with Gasteiger partial charge in [-0.15, -0.1) is 6.58 Å². The molecule has 1 aromatic carbocycles. The highest BCUT2D eigenvalue weighted by Gasteiger charge is 2.30. The first-order valence-corrected chi connectivity index (χ1v) is 15.1. The van der Waals surface area contributed by atoms with Gasteiger partial charge in [-0.3, -0.25) is 14.7 Å². The van der Waals surface area contributed by atoms with E-state index in [1.165, 1.54) is 0 Å². The second kappa shape index (κ2) is 12.5. The molecule has 0 atom stereocenters. The largest absolute Gasteiger partial charge is 0.443 e. The van der Waals surface area contributed by atoms with Crippen molar-refractivity contribution in [3.63, 3.8) is 0 Å². The lowest BCUT2D eigenvalue weighted by molar-refractivity contribution is -0.119. The summed E-state index contributed by atoms with van der Waals surface area (Å²) in [4.78, 5) is 43.7. The van der Waals surface area contributed by atoms with Crippen molar-refractivity contribution in [2.75, 3.05) is 28.2 Å². The highest BCUT2D eigenvalue weighted by Crippen LogP contribution is 2.35. The molecule has 1 aliphatic carbocycles. The van der Waals surface area contributed by atoms with Gasteiger partial charge in [0.1, 0.15) is 11.4 Å². The highest BCUT2D eigenvalue weighted by molar-refractivity contribution is 5.91. The number of ketones is 1. The number of aromatic nitrogens is 3. The number of carbonyl (C=O) groups excluding carboxylic acids is 2. The zero-order chi connectivity index (χ0) is 30.7. The maximum Gasteiger partial charge on any atom is 0.414 e. The van der Waals surface area contributed by atoms with Crippen LogP contribution in [-0.2, 0) is 28.9 Å². The molecule has 1 saturated carbocycles. The fourth-order valence-corrected chi connectivity index (χ4v) is 5.46. The van der Waals surface area contributed by atoms with Crippen molar-refractivity contribution in [2.24, 2.45) is 5.92 Å². The number of Topliss-reactive ketones (excluding diaryl/α,β-unsaturated/α-hetero) is 1. The third-order valence-corrected chi connectivity index (χ3v) is 7.78. The lowest BCUT2D eigenvalue weighted by Crippen LogP contribution is -2.39. The van der Waals surface area contributed by atoms with Crippen LogP contribution in [0.15, 0.2) is 49.3 Å². The first-order valence-electron chi connectivity index (χ1n) is 15.1. The predicted molar refractivity (Wildman–Crippen MR) is 170 cm³/mol. The number of rotatable bonds is 10. The third-order valence-electron chi connectivity index (χ3n) is 7.78. The van der Waals surface area contributed by atoms with Crippen molar-refractivity contribution < 1.29 is 14.3 Å². The van der Waals surface area contributed by atoms with Gasteiger partial charge in [-0.1, -0.05) is 18.2 Å². The van der Waals surface area contributed by atoms with Gasteiger partial charge in [-0.25, -0.2) is 14.8 Å². The molecule has 0 bridgehead atoms. The molecule has 1 amide bonds. The van der Waals surface area contributed by atoms with Crippen LogP contribution in [0.4, 0.5) is 27.8 Å². The number of nitrogens with one attached hydrogen (secondary N) is 1. The summed E-state index contributed by atoms with van der Waals surface area (Å²) < 4.78 is 5.77. The number of aryl methyl sites for hydroxylation is 1. The fraction of sp³-hybridized carbons (Fsp3) is 0.441. The second-order valence-corrected chi connectivity index (χ2v) is 12.5. The minimum atomic E-state index is -0.617. The van der Waals surface area contributed by atoms with E-state index in [4.69, 9.17) is 14.7 Å². The van der Waals surface area contributed by atoms with Crippen molar-refractivity contribution in [1.29, 1.82) is 0 Å². The molecule has 9 nitrogen and oxygen atoms in total. The van der Waals surface area contributed by atoms with Gasteiger partial charge in [0.05, 0.1) is 35.5 Å². The quantitative estimate of drug-likeness (QED) is 0.266. The van der Waals surface area contributed by atoms with Gasteiger partial charge >= 0.3 is 6.09 Å². The molecule has 5 rings (SSSR count). The molecule has 2 aromatic heterocycles. The zero-order valence-corrected chi connectivity index (χ0v) is 25.9. The van der Waals surface area contributed by atoms with Crippen LogP contribution in [0.3, 0.4) is 0 Å². The standard InChI is InChI=1S/C34H42N6O3/c1-7-8-15-40(33(42)43-34(4,5)6)31-22(2)29(20-35-23(31)3)39-16-14-26-19-36-32(38-28(26)21-39)37-27-11-9-10-24(17-27)18-30(41)25-12-13-25/h7,9-11,17,19-20,25H,1,8,12-16,18,21H2,2-6H3,(H,36,37,38). The molecule has 3 aromatic rings. The molecule has 0 spiro atoms. The molecule has 0 unspecified atom stereocenters. The molecule has 1 fully saturated rings. The molecule has 0 radical (unpaired) electrons. The molecule has 1 aliphatic heterocycles. The average Bonchev–Trinajstić information content (AvgIpc) is 3.80. The van der Waals surface area contributed by atoms with Crippen LogP contribution in [0.1, 0.15) is 68.1 Å². The highest BCUT2D eigenvalue weighted by atomic mass is 16.6. The monoisotopic (exact) mass is 582 g/mol. The van der Waals surface area contributed by atoms with E-state index in [0.29, 0.717) is 37.7 Å². The summed E-state index contributed by atoms with van der Waals surface area (Å²) in [6.07, 6.45) is 9.12. The summed E-state index contributed by atoms with van der Waals surface area (Å²) in [5, 5.41) is 3.33. The number of hydrogen-bond donors (Lipinski definition) is 1. The first-order chi connectivity index (χ1) is 20.5. The Morgan fingerprint density at radius 2 is 1.98 bits per heavy atom. The Kier molecular flexibility index (Phi) is 8.80. The number of anilines is 4. The van der Waals surface area contributed by atoms with E-state index in [1.807, 2.05) is 71.3 Å². The Morgan fingerprint density at radius 1 is 1.19 bits per heavy atom. The Morgan fingerprint density at radius 3 is 2.70 bits per heavy atom. The van der Waals surface area contributed by atoms with Gasteiger partial charge < -0.3 is 15.0 Å². The fourth-order valence-electron chi connectivity index (χ4n) is 5.46. The predicted octanol–water partition coefficient (Wildman–Crippen LogP) is 6.63. The van der Waals surface area contributed by atoms with Crippen LogP contribution in [0, 0.1) is 19.8 Å². The number of nitrogens with zero attached hydrogens (tertiary/aromatic N) is 5. The maximum absolute atomic E-state index is 13.3. The van der Waals surface area contributed by atoms with E-state index >= 15 is 0 Å². The molecule has 3 heterocycles. The van der Waals surface area contributed by atoms with Gasteiger partial charge in [0, 0.05) is 37.3 Å². The van der Waals surface area contributed by atoms with Crippen LogP contribution in [-0.4, -0.2) is 45.5 Å². The summed E-state index contributed by atoms with van der Waals surface area (Å²) in [6.45, 7) is 15.2. The summed E-state index contributed by atoms with van der Waals surface area (Å²) in [7, 11) is 0. The van der Waals surface area contributed by atoms with Gasteiger partial charge in [0.2, 0.25) is 5.95 Å². The van der Waals surface area contributed by atoms with Crippen molar-refractivity contribution in [3.8, 4) is 0 Å². The van der Waals surface area contributed by atoms with Crippen molar-refractivity contribution in [2.45, 2.75) is 78.9 Å². The van der Waals surface area contributed by atoms with Crippen molar-refractivity contribution >= 4 is 34.9 Å². The molecule has 43 heavy (non-hydrogen) atoms. The molecular weight excluding hydrogens is 540 g/mol. The maximum atomic E-state index is 13.3. The number of fused-ring (bicyclic) bond motifs is 1. The smallest absolute Gasteiger partial charge is 0.414 e. The topological polar surface area (TPSA) is 101 Å². The lowest BCUT2D eigenvalue weighted by Gasteiger charge is -2.34. The normalized spacial score (nSPS) is 14.6. The van der Waals surface area contributed by atoms with Crippen LogP contribution in [0.25, 0.3) is 0 Å². The minimum absolute atomic E-state index is 0.250. The van der Waals surface area contributed by atoms with Gasteiger partial charge in [0.25, 0.3) is 0 Å². The molecular formula is C34H42N6O3. The molecule has 9 heteroatoms. The number of carbonyl (C=O) groups is 2. The number of benzene rings is 1.